The Morgan fingerprint density at radius 1 is 1.09 bits per heavy atom. The number of benzene rings is 2. The summed E-state index contributed by atoms with van der Waals surface area (Å²) in [5, 5.41) is 28.0. The van der Waals surface area contributed by atoms with E-state index in [2.05, 4.69) is 16.3 Å². The van der Waals surface area contributed by atoms with Crippen LogP contribution in [0.3, 0.4) is 0 Å². The monoisotopic (exact) mass is 463 g/mol. The first-order valence-corrected chi connectivity index (χ1v) is 11.3. The molecule has 1 N–H and O–H groups in total. The summed E-state index contributed by atoms with van der Waals surface area (Å²) < 4.78 is 8.14. The van der Waals surface area contributed by atoms with Crippen molar-refractivity contribution in [1.82, 2.24) is 19.7 Å². The van der Waals surface area contributed by atoms with Crippen molar-refractivity contribution >= 4 is 17.7 Å². The number of fused-ring (bicyclic) bond motifs is 3. The first-order valence-electron chi connectivity index (χ1n) is 10.9. The van der Waals surface area contributed by atoms with E-state index in [1.807, 2.05) is 34.9 Å². The topological polar surface area (TPSA) is 104 Å². The van der Waals surface area contributed by atoms with E-state index in [-0.39, 0.29) is 25.1 Å². The maximum atomic E-state index is 11.7. The Kier molecular flexibility index (Phi) is 5.65. The van der Waals surface area contributed by atoms with Crippen molar-refractivity contribution in [3.05, 3.63) is 70.3 Å². The van der Waals surface area contributed by atoms with Crippen LogP contribution >= 0.6 is 11.6 Å². The highest BCUT2D eigenvalue weighted by molar-refractivity contribution is 6.30. The number of aromatic nitrogens is 3. The Bertz CT molecular complexity index is 1230. The van der Waals surface area contributed by atoms with Crippen molar-refractivity contribution in [2.75, 3.05) is 0 Å². The molecule has 9 heteroatoms. The molecule has 0 saturated heterocycles. The van der Waals surface area contributed by atoms with Crippen molar-refractivity contribution in [1.29, 1.82) is 5.26 Å². The molecule has 0 unspecified atom stereocenters. The molecule has 1 aliphatic heterocycles. The molecule has 8 nitrogen and oxygen atoms in total. The number of rotatable bonds is 3. The van der Waals surface area contributed by atoms with E-state index in [1.165, 1.54) is 4.90 Å². The van der Waals surface area contributed by atoms with Crippen LogP contribution < -0.4 is 4.74 Å². The molecule has 2 heterocycles. The number of halogens is 1. The second-order valence-electron chi connectivity index (χ2n) is 8.45. The van der Waals surface area contributed by atoms with Crippen LogP contribution in [0.1, 0.15) is 54.4 Å². The van der Waals surface area contributed by atoms with Gasteiger partial charge in [0.1, 0.15) is 11.6 Å². The number of hydrogen-bond donors (Lipinski definition) is 1. The fraction of sp³-hybridized carbons (Fsp3) is 0.333. The van der Waals surface area contributed by atoms with Gasteiger partial charge in [0.05, 0.1) is 36.5 Å². The quantitative estimate of drug-likeness (QED) is 0.592. The molecule has 5 rings (SSSR count). The second-order valence-corrected chi connectivity index (χ2v) is 8.89. The Labute approximate surface area is 196 Å². The minimum atomic E-state index is -1.00. The average Bonchev–Trinajstić information content (AvgIpc) is 3.15. The minimum Gasteiger partial charge on any atom is -0.490 e. The molecule has 1 amide bonds. The van der Waals surface area contributed by atoms with Gasteiger partial charge in [0, 0.05) is 10.9 Å². The lowest BCUT2D eigenvalue weighted by atomic mass is 9.86. The third-order valence-corrected chi connectivity index (χ3v) is 6.56. The number of nitriles is 1. The maximum absolute atomic E-state index is 11.7. The van der Waals surface area contributed by atoms with Crippen LogP contribution in [0.15, 0.2) is 42.5 Å². The zero-order valence-corrected chi connectivity index (χ0v) is 18.6. The summed E-state index contributed by atoms with van der Waals surface area (Å²) in [5.41, 5.74) is 2.33. The number of ether oxygens (including phenoxy) is 1. The minimum absolute atomic E-state index is 0.106. The van der Waals surface area contributed by atoms with Crippen LogP contribution in [0.5, 0.6) is 5.75 Å². The highest BCUT2D eigenvalue weighted by atomic mass is 35.5. The van der Waals surface area contributed by atoms with Gasteiger partial charge in [-0.1, -0.05) is 11.6 Å². The number of nitrogens with zero attached hydrogens (tertiary/aromatic N) is 5. The van der Waals surface area contributed by atoms with Crippen molar-refractivity contribution in [2.24, 2.45) is 0 Å². The molecule has 168 valence electrons. The predicted molar refractivity (Wildman–Crippen MR) is 120 cm³/mol. The van der Waals surface area contributed by atoms with Gasteiger partial charge in [-0.15, -0.1) is 10.2 Å². The standard InChI is InChI=1S/C24H22ClN5O3/c25-18-5-10-21-17(11-18)13-29(24(31)32)14-22-27-28-23(30(21)22)16-3-8-20(9-4-16)33-19-6-1-15(12-26)2-7-19/h1-2,5-7,10-11,16,20H,3-4,8-9,13-14H2,(H,31,32). The third kappa shape index (κ3) is 4.24. The van der Waals surface area contributed by atoms with E-state index in [0.717, 1.165) is 48.5 Å². The molecule has 2 aromatic carbocycles. The van der Waals surface area contributed by atoms with E-state index in [1.54, 1.807) is 12.1 Å². The molecule has 0 radical (unpaired) electrons. The van der Waals surface area contributed by atoms with Crippen LogP contribution in [-0.4, -0.2) is 37.0 Å². The van der Waals surface area contributed by atoms with Gasteiger partial charge in [-0.05, 0) is 73.7 Å². The maximum Gasteiger partial charge on any atom is 0.408 e. The van der Waals surface area contributed by atoms with Gasteiger partial charge in [-0.3, -0.25) is 9.47 Å². The summed E-state index contributed by atoms with van der Waals surface area (Å²) in [4.78, 5) is 13.1. The SMILES string of the molecule is N#Cc1ccc(OC2CCC(c3nnc4n3-c3ccc(Cl)cc3CN(C(=O)O)C4)CC2)cc1. The van der Waals surface area contributed by atoms with E-state index >= 15 is 0 Å². The predicted octanol–water partition coefficient (Wildman–Crippen LogP) is 4.89. The molecule has 3 aromatic rings. The van der Waals surface area contributed by atoms with Gasteiger partial charge < -0.3 is 9.84 Å². The highest BCUT2D eigenvalue weighted by Gasteiger charge is 2.32. The van der Waals surface area contributed by atoms with Crippen molar-refractivity contribution in [3.8, 4) is 17.5 Å². The van der Waals surface area contributed by atoms with Crippen molar-refractivity contribution in [3.63, 3.8) is 0 Å². The van der Waals surface area contributed by atoms with Gasteiger partial charge in [-0.25, -0.2) is 4.79 Å². The summed E-state index contributed by atoms with van der Waals surface area (Å²) >= 11 is 6.21. The number of carboxylic acid groups (broad SMARTS) is 1. The Morgan fingerprint density at radius 2 is 1.85 bits per heavy atom. The average molecular weight is 464 g/mol. The first kappa shape index (κ1) is 21.3. The fourth-order valence-electron chi connectivity index (χ4n) is 4.67. The van der Waals surface area contributed by atoms with Gasteiger partial charge >= 0.3 is 6.09 Å². The summed E-state index contributed by atoms with van der Waals surface area (Å²) in [7, 11) is 0. The van der Waals surface area contributed by atoms with Gasteiger partial charge in [0.15, 0.2) is 5.82 Å². The van der Waals surface area contributed by atoms with Crippen LogP contribution in [0, 0.1) is 11.3 Å². The van der Waals surface area contributed by atoms with Crippen molar-refractivity contribution in [2.45, 2.75) is 50.8 Å². The van der Waals surface area contributed by atoms with Crippen LogP contribution in [0.25, 0.3) is 5.69 Å². The van der Waals surface area contributed by atoms with Crippen LogP contribution in [0.2, 0.25) is 5.02 Å². The van der Waals surface area contributed by atoms with E-state index < -0.39 is 6.09 Å². The smallest absolute Gasteiger partial charge is 0.408 e. The molecule has 0 spiro atoms. The molecular formula is C24H22ClN5O3. The van der Waals surface area contributed by atoms with E-state index in [4.69, 9.17) is 21.6 Å². The molecule has 1 aromatic heterocycles. The summed E-state index contributed by atoms with van der Waals surface area (Å²) in [5.74, 6) is 2.45. The summed E-state index contributed by atoms with van der Waals surface area (Å²) in [6.45, 7) is 0.422. The third-order valence-electron chi connectivity index (χ3n) is 6.33. The first-order chi connectivity index (χ1) is 16.0. The molecule has 1 aliphatic carbocycles. The van der Waals surface area contributed by atoms with E-state index in [9.17, 15) is 9.90 Å². The zero-order valence-electron chi connectivity index (χ0n) is 17.8. The number of amides is 1. The lowest BCUT2D eigenvalue weighted by molar-refractivity contribution is 0.138. The largest absolute Gasteiger partial charge is 0.490 e. The molecule has 33 heavy (non-hydrogen) atoms. The number of hydrogen-bond acceptors (Lipinski definition) is 5. The number of carbonyl (C=O) groups is 1. The van der Waals surface area contributed by atoms with Crippen LogP contribution in [-0.2, 0) is 13.1 Å². The van der Waals surface area contributed by atoms with Gasteiger partial charge in [0.25, 0.3) is 0 Å². The second kappa shape index (κ2) is 8.75. The normalized spacial score (nSPS) is 19.7. The van der Waals surface area contributed by atoms with Gasteiger partial charge in [-0.2, -0.15) is 5.26 Å². The van der Waals surface area contributed by atoms with Crippen LogP contribution in [0.4, 0.5) is 4.79 Å². The lowest BCUT2D eigenvalue weighted by Crippen LogP contribution is -2.28. The Balaban J connectivity index is 1.36. The zero-order chi connectivity index (χ0) is 22.9. The molecule has 1 saturated carbocycles. The Morgan fingerprint density at radius 3 is 2.55 bits per heavy atom. The Hall–Kier alpha value is -3.57. The van der Waals surface area contributed by atoms with Gasteiger partial charge in [0.2, 0.25) is 0 Å². The highest BCUT2D eigenvalue weighted by Crippen LogP contribution is 2.37. The van der Waals surface area contributed by atoms with Crippen molar-refractivity contribution < 1.29 is 14.6 Å². The van der Waals surface area contributed by atoms with E-state index in [0.29, 0.717) is 16.4 Å². The fourth-order valence-corrected chi connectivity index (χ4v) is 4.86. The summed E-state index contributed by atoms with van der Waals surface area (Å²) in [6, 6.07) is 14.8. The molecule has 2 aliphatic rings. The molecule has 1 fully saturated rings. The molecular weight excluding hydrogens is 442 g/mol. The summed E-state index contributed by atoms with van der Waals surface area (Å²) in [6.07, 6.45) is 2.65. The molecule has 0 bridgehead atoms. The lowest BCUT2D eigenvalue weighted by Gasteiger charge is -2.29. The molecule has 0 atom stereocenters.